The molecule has 3 rings (SSSR count). The van der Waals surface area contributed by atoms with Crippen molar-refractivity contribution in [1.29, 1.82) is 0 Å². The van der Waals surface area contributed by atoms with E-state index in [9.17, 15) is 34.2 Å². The molecule has 1 aliphatic heterocycles. The van der Waals surface area contributed by atoms with Gasteiger partial charge in [0, 0.05) is 18.9 Å². The Morgan fingerprint density at radius 3 is 2.32 bits per heavy atom. The van der Waals surface area contributed by atoms with Crippen LogP contribution in [-0.2, 0) is 36.8 Å². The van der Waals surface area contributed by atoms with Gasteiger partial charge in [-0.1, -0.05) is 62.4 Å². The average molecular weight is 567 g/mol. The Morgan fingerprint density at radius 2 is 1.68 bits per heavy atom. The summed E-state index contributed by atoms with van der Waals surface area (Å²) in [7, 11) is 0. The number of phenolic OH excluding ortho intramolecular Hbond substituents is 1. The van der Waals surface area contributed by atoms with E-state index in [0.29, 0.717) is 11.1 Å². The number of cyclic esters (lactones) is 1. The molecule has 0 radical (unpaired) electrons. The number of amides is 4. The summed E-state index contributed by atoms with van der Waals surface area (Å²) in [5, 5.41) is 28.9. The quantitative estimate of drug-likeness (QED) is 0.256. The fraction of sp³-hybridized carbons (Fsp3) is 0.345. The maximum absolute atomic E-state index is 13.1. The first-order chi connectivity index (χ1) is 19.5. The molecule has 1 aliphatic rings. The Balaban J connectivity index is 1.83. The largest absolute Gasteiger partial charge is 0.508 e. The lowest BCUT2D eigenvalue weighted by molar-refractivity contribution is -0.149. The molecule has 6 N–H and O–H groups in total. The van der Waals surface area contributed by atoms with Crippen molar-refractivity contribution in [2.45, 2.75) is 50.9 Å². The molecule has 0 spiro atoms. The van der Waals surface area contributed by atoms with Gasteiger partial charge >= 0.3 is 12.1 Å². The van der Waals surface area contributed by atoms with Gasteiger partial charge in [-0.3, -0.25) is 14.4 Å². The average Bonchev–Trinajstić information content (AvgIpc) is 2.92. The van der Waals surface area contributed by atoms with Gasteiger partial charge in [0.1, 0.15) is 30.5 Å². The van der Waals surface area contributed by atoms with E-state index in [1.807, 2.05) is 0 Å². The summed E-state index contributed by atoms with van der Waals surface area (Å²) in [5.41, 5.74) is 1.35. The third-order valence-corrected chi connectivity index (χ3v) is 6.33. The lowest BCUT2D eigenvalue weighted by Gasteiger charge is -2.26. The second-order valence-corrected chi connectivity index (χ2v) is 9.96. The van der Waals surface area contributed by atoms with Crippen molar-refractivity contribution in [2.75, 3.05) is 6.61 Å². The van der Waals surface area contributed by atoms with E-state index in [2.05, 4.69) is 21.3 Å². The molecule has 0 fully saturated rings. The van der Waals surface area contributed by atoms with Crippen molar-refractivity contribution < 1.29 is 38.9 Å². The van der Waals surface area contributed by atoms with E-state index in [4.69, 9.17) is 4.74 Å². The van der Waals surface area contributed by atoms with Crippen molar-refractivity contribution >= 4 is 29.8 Å². The molecule has 2 aromatic rings. The van der Waals surface area contributed by atoms with Crippen LogP contribution in [0.2, 0.25) is 0 Å². The van der Waals surface area contributed by atoms with E-state index in [-0.39, 0.29) is 24.5 Å². The van der Waals surface area contributed by atoms with Crippen molar-refractivity contribution in [3.8, 4) is 5.75 Å². The highest BCUT2D eigenvalue weighted by molar-refractivity contribution is 5.95. The van der Waals surface area contributed by atoms with Gasteiger partial charge in [0.15, 0.2) is 0 Å². The number of benzene rings is 2. The molecule has 0 unspecified atom stereocenters. The number of hydrogen-bond donors (Lipinski definition) is 6. The molecule has 4 atom stereocenters. The molecule has 12 heteroatoms. The Bertz CT molecular complexity index is 1260. The minimum atomic E-state index is -1.39. The second-order valence-electron chi connectivity index (χ2n) is 9.96. The zero-order valence-electron chi connectivity index (χ0n) is 22.7. The van der Waals surface area contributed by atoms with Crippen LogP contribution < -0.4 is 21.3 Å². The van der Waals surface area contributed by atoms with Gasteiger partial charge < -0.3 is 36.2 Å². The highest BCUT2D eigenvalue weighted by atomic mass is 16.5. The fourth-order valence-corrected chi connectivity index (χ4v) is 4.17. The van der Waals surface area contributed by atoms with E-state index in [1.54, 1.807) is 56.3 Å². The molecule has 12 nitrogen and oxygen atoms in total. The van der Waals surface area contributed by atoms with E-state index in [1.165, 1.54) is 18.2 Å². The van der Waals surface area contributed by atoms with Crippen LogP contribution in [0.15, 0.2) is 66.7 Å². The number of hydrogen-bond acceptors (Lipinski definition) is 7. The summed E-state index contributed by atoms with van der Waals surface area (Å²) >= 11 is 0. The molecule has 1 heterocycles. The van der Waals surface area contributed by atoms with Crippen LogP contribution in [0.1, 0.15) is 25.0 Å². The van der Waals surface area contributed by atoms with Crippen molar-refractivity contribution in [1.82, 2.24) is 21.3 Å². The summed E-state index contributed by atoms with van der Waals surface area (Å²) in [4.78, 5) is 63.3. The molecular weight excluding hydrogens is 532 g/mol. The number of aromatic hydroxyl groups is 1. The molecule has 0 bridgehead atoms. The van der Waals surface area contributed by atoms with Gasteiger partial charge in [-0.2, -0.15) is 0 Å². The SMILES string of the molecule is CC(C)[C@@H]1NC(=O)/C=C/[C@@H](NC(=O)[C@H](Cc2ccccc2)NC(=O)O)COC(=O)[C@H](Cc2ccc(O)cc2)NC1=O. The lowest BCUT2D eigenvalue weighted by Crippen LogP contribution is -2.55. The van der Waals surface area contributed by atoms with Crippen LogP contribution in [0.5, 0.6) is 5.75 Å². The normalized spacial score (nSPS) is 21.2. The molecular formula is C29H34N4O8. The standard InChI is InChI=1S/C29H34N4O8/c1-17(2)25-27(37)31-23(15-19-8-11-21(34)12-9-19)28(38)41-16-20(10-13-24(35)33-25)30-26(36)22(32-29(39)40)14-18-6-4-3-5-7-18/h3-13,17,20,22-23,25,32,34H,14-16H2,1-2H3,(H,30,36)(H,31,37)(H,33,35)(H,39,40)/b13-10+/t20-,22+,23+,25+/m1/s1. The van der Waals surface area contributed by atoms with Gasteiger partial charge in [-0.25, -0.2) is 9.59 Å². The molecule has 218 valence electrons. The van der Waals surface area contributed by atoms with Crippen LogP contribution >= 0.6 is 0 Å². The van der Waals surface area contributed by atoms with Gasteiger partial charge in [0.25, 0.3) is 0 Å². The Labute approximate surface area is 237 Å². The maximum Gasteiger partial charge on any atom is 0.405 e. The van der Waals surface area contributed by atoms with Crippen LogP contribution in [0.3, 0.4) is 0 Å². The van der Waals surface area contributed by atoms with E-state index >= 15 is 0 Å². The fourth-order valence-electron chi connectivity index (χ4n) is 4.17. The number of phenols is 1. The first kappa shape index (κ1) is 30.7. The third-order valence-electron chi connectivity index (χ3n) is 6.33. The van der Waals surface area contributed by atoms with Crippen molar-refractivity contribution in [3.63, 3.8) is 0 Å². The summed E-state index contributed by atoms with van der Waals surface area (Å²) < 4.78 is 5.46. The zero-order chi connectivity index (χ0) is 29.9. The number of ether oxygens (including phenoxy) is 1. The second kappa shape index (κ2) is 14.5. The topological polar surface area (TPSA) is 183 Å². The summed E-state index contributed by atoms with van der Waals surface area (Å²) in [6, 6.07) is 10.6. The summed E-state index contributed by atoms with van der Waals surface area (Å²) in [6.45, 7) is 3.08. The highest BCUT2D eigenvalue weighted by Gasteiger charge is 2.31. The van der Waals surface area contributed by atoms with Crippen LogP contribution in [-0.4, -0.2) is 70.8 Å². The molecule has 0 saturated heterocycles. The predicted octanol–water partition coefficient (Wildman–Crippen LogP) is 1.04. The number of carbonyl (C=O) groups is 5. The minimum Gasteiger partial charge on any atom is -0.508 e. The molecule has 0 saturated carbocycles. The smallest absolute Gasteiger partial charge is 0.405 e. The monoisotopic (exact) mass is 566 g/mol. The molecule has 2 aromatic carbocycles. The van der Waals surface area contributed by atoms with E-state index < -0.39 is 60.6 Å². The molecule has 4 amide bonds. The summed E-state index contributed by atoms with van der Waals surface area (Å²) in [5.74, 6) is -2.94. The first-order valence-corrected chi connectivity index (χ1v) is 13.1. The predicted molar refractivity (Wildman–Crippen MR) is 148 cm³/mol. The van der Waals surface area contributed by atoms with Gasteiger partial charge in [0.05, 0.1) is 6.04 Å². The number of esters is 1. The zero-order valence-corrected chi connectivity index (χ0v) is 22.7. The van der Waals surface area contributed by atoms with Gasteiger partial charge in [0.2, 0.25) is 17.7 Å². The first-order valence-electron chi connectivity index (χ1n) is 13.1. The number of carboxylic acid groups (broad SMARTS) is 1. The van der Waals surface area contributed by atoms with Crippen molar-refractivity contribution in [2.24, 2.45) is 5.92 Å². The van der Waals surface area contributed by atoms with Gasteiger partial charge in [-0.15, -0.1) is 0 Å². The Hall–Kier alpha value is -4.87. The maximum atomic E-state index is 13.1. The van der Waals surface area contributed by atoms with Crippen LogP contribution in [0.25, 0.3) is 0 Å². The number of rotatable bonds is 8. The van der Waals surface area contributed by atoms with E-state index in [0.717, 1.165) is 6.08 Å². The molecule has 41 heavy (non-hydrogen) atoms. The van der Waals surface area contributed by atoms with Crippen molar-refractivity contribution in [3.05, 3.63) is 77.9 Å². The highest BCUT2D eigenvalue weighted by Crippen LogP contribution is 2.13. The lowest BCUT2D eigenvalue weighted by atomic mass is 10.0. The Morgan fingerprint density at radius 1 is 1.00 bits per heavy atom. The van der Waals surface area contributed by atoms with Gasteiger partial charge in [-0.05, 0) is 29.2 Å². The summed E-state index contributed by atoms with van der Waals surface area (Å²) in [6.07, 6.45) is 1.14. The number of nitrogens with one attached hydrogen (secondary N) is 4. The minimum absolute atomic E-state index is 0.0370. The molecule has 0 aliphatic carbocycles. The number of carbonyl (C=O) groups excluding carboxylic acids is 4. The Kier molecular flexibility index (Phi) is 10.8. The van der Waals surface area contributed by atoms with Crippen LogP contribution in [0.4, 0.5) is 4.79 Å². The molecule has 0 aromatic heterocycles. The van der Waals surface area contributed by atoms with Crippen LogP contribution in [0, 0.1) is 5.92 Å². The third kappa shape index (κ3) is 9.67.